The first kappa shape index (κ1) is 16.5. The Morgan fingerprint density at radius 2 is 1.59 bits per heavy atom. The molecule has 0 amide bonds. The Bertz CT molecular complexity index is 774. The first-order chi connectivity index (χ1) is 10.2. The molecule has 0 saturated carbocycles. The lowest BCUT2D eigenvalue weighted by Crippen LogP contribution is -2.20. The standard InChI is InChI=1S/C14H17ClN4O2S/c1-18(2)13-12(9-16-14(17-13)19(3)4)22(20,21)11-7-5-10(15)6-8-11/h5-9H,1-4H3. The summed E-state index contributed by atoms with van der Waals surface area (Å²) in [6.07, 6.45) is 1.33. The maximum Gasteiger partial charge on any atom is 0.226 e. The molecule has 6 nitrogen and oxygen atoms in total. The molecule has 0 aliphatic heterocycles. The van der Waals surface area contributed by atoms with E-state index < -0.39 is 9.84 Å². The zero-order valence-corrected chi connectivity index (χ0v) is 14.4. The fourth-order valence-corrected chi connectivity index (χ4v) is 3.35. The van der Waals surface area contributed by atoms with Crippen molar-refractivity contribution in [1.82, 2.24) is 9.97 Å². The van der Waals surface area contributed by atoms with E-state index in [1.54, 1.807) is 50.1 Å². The van der Waals surface area contributed by atoms with Gasteiger partial charge in [0.15, 0.2) is 5.82 Å². The van der Waals surface area contributed by atoms with E-state index in [1.165, 1.54) is 18.3 Å². The van der Waals surface area contributed by atoms with E-state index in [0.29, 0.717) is 16.8 Å². The summed E-state index contributed by atoms with van der Waals surface area (Å²) in [5.41, 5.74) is 0. The first-order valence-corrected chi connectivity index (χ1v) is 8.32. The highest BCUT2D eigenvalue weighted by molar-refractivity contribution is 7.91. The van der Waals surface area contributed by atoms with E-state index in [1.807, 2.05) is 0 Å². The highest BCUT2D eigenvalue weighted by Crippen LogP contribution is 2.29. The molecule has 1 aromatic carbocycles. The second kappa shape index (κ2) is 6.10. The Kier molecular flexibility index (Phi) is 4.58. The highest BCUT2D eigenvalue weighted by atomic mass is 35.5. The Labute approximate surface area is 135 Å². The molecule has 8 heteroatoms. The number of hydrogen-bond acceptors (Lipinski definition) is 6. The van der Waals surface area contributed by atoms with Gasteiger partial charge in [-0.1, -0.05) is 11.6 Å². The molecule has 0 radical (unpaired) electrons. The molecule has 0 atom stereocenters. The van der Waals surface area contributed by atoms with Gasteiger partial charge in [0.05, 0.1) is 11.1 Å². The van der Waals surface area contributed by atoms with Crippen LogP contribution in [0, 0.1) is 0 Å². The topological polar surface area (TPSA) is 66.4 Å². The van der Waals surface area contributed by atoms with Crippen LogP contribution in [-0.4, -0.2) is 46.6 Å². The minimum absolute atomic E-state index is 0.0606. The largest absolute Gasteiger partial charge is 0.361 e. The maximum atomic E-state index is 12.8. The average Bonchev–Trinajstić information content (AvgIpc) is 2.46. The fourth-order valence-electron chi connectivity index (χ4n) is 1.82. The molecule has 0 saturated heterocycles. The number of nitrogens with zero attached hydrogens (tertiary/aromatic N) is 4. The normalized spacial score (nSPS) is 11.3. The summed E-state index contributed by atoms with van der Waals surface area (Å²) in [6.45, 7) is 0. The van der Waals surface area contributed by atoms with Gasteiger partial charge in [0, 0.05) is 33.2 Å². The second-order valence-electron chi connectivity index (χ2n) is 5.10. The summed E-state index contributed by atoms with van der Waals surface area (Å²) in [6, 6.07) is 6.02. The van der Waals surface area contributed by atoms with Crippen LogP contribution in [0.2, 0.25) is 5.02 Å². The number of hydrogen-bond donors (Lipinski definition) is 0. The van der Waals surface area contributed by atoms with Gasteiger partial charge >= 0.3 is 0 Å². The Morgan fingerprint density at radius 1 is 1.00 bits per heavy atom. The van der Waals surface area contributed by atoms with E-state index in [0.717, 1.165) is 0 Å². The third-order valence-corrected chi connectivity index (χ3v) is 4.97. The average molecular weight is 341 g/mol. The molecule has 0 fully saturated rings. The fraction of sp³-hybridized carbons (Fsp3) is 0.286. The van der Waals surface area contributed by atoms with Crippen LogP contribution in [0.25, 0.3) is 0 Å². The summed E-state index contributed by atoms with van der Waals surface area (Å²) >= 11 is 5.81. The monoisotopic (exact) mass is 340 g/mol. The smallest absolute Gasteiger partial charge is 0.226 e. The van der Waals surface area contributed by atoms with Crippen LogP contribution in [0.5, 0.6) is 0 Å². The molecule has 2 rings (SSSR count). The summed E-state index contributed by atoms with van der Waals surface area (Å²) in [5.74, 6) is 0.785. The van der Waals surface area contributed by atoms with Crippen molar-refractivity contribution in [3.63, 3.8) is 0 Å². The van der Waals surface area contributed by atoms with E-state index >= 15 is 0 Å². The summed E-state index contributed by atoms with van der Waals surface area (Å²) in [4.78, 5) is 12.0. The molecule has 0 aliphatic rings. The lowest BCUT2D eigenvalue weighted by molar-refractivity contribution is 0.595. The van der Waals surface area contributed by atoms with Crippen molar-refractivity contribution in [2.45, 2.75) is 9.79 Å². The molecule has 22 heavy (non-hydrogen) atoms. The Morgan fingerprint density at radius 3 is 2.09 bits per heavy atom. The molecule has 1 aromatic heterocycles. The molecule has 0 N–H and O–H groups in total. The van der Waals surface area contributed by atoms with Crippen LogP contribution in [0.3, 0.4) is 0 Å². The quantitative estimate of drug-likeness (QED) is 0.849. The molecule has 118 valence electrons. The maximum absolute atomic E-state index is 12.8. The number of benzene rings is 1. The molecule has 0 aliphatic carbocycles. The summed E-state index contributed by atoms with van der Waals surface area (Å²) in [7, 11) is 3.35. The number of halogens is 1. The van der Waals surface area contributed by atoms with Crippen molar-refractivity contribution >= 4 is 33.2 Å². The molecule has 0 unspecified atom stereocenters. The minimum Gasteiger partial charge on any atom is -0.361 e. The molecular formula is C14H17ClN4O2S. The van der Waals surface area contributed by atoms with Gasteiger partial charge in [0.2, 0.25) is 15.8 Å². The van der Waals surface area contributed by atoms with E-state index in [9.17, 15) is 8.42 Å². The highest BCUT2D eigenvalue weighted by Gasteiger charge is 2.25. The summed E-state index contributed by atoms with van der Waals surface area (Å²) in [5, 5.41) is 0.478. The predicted molar refractivity (Wildman–Crippen MR) is 87.6 cm³/mol. The molecule has 1 heterocycles. The first-order valence-electron chi connectivity index (χ1n) is 6.46. The van der Waals surface area contributed by atoms with E-state index in [2.05, 4.69) is 9.97 Å². The van der Waals surface area contributed by atoms with Crippen molar-refractivity contribution < 1.29 is 8.42 Å². The molecular weight excluding hydrogens is 324 g/mol. The third-order valence-electron chi connectivity index (χ3n) is 2.96. The Balaban J connectivity index is 2.62. The van der Waals surface area contributed by atoms with Crippen LogP contribution in [0.15, 0.2) is 40.3 Å². The van der Waals surface area contributed by atoms with Crippen molar-refractivity contribution in [3.05, 3.63) is 35.5 Å². The van der Waals surface area contributed by atoms with Gasteiger partial charge in [0.25, 0.3) is 0 Å². The minimum atomic E-state index is -3.72. The zero-order valence-electron chi connectivity index (χ0n) is 12.8. The van der Waals surface area contributed by atoms with Crippen LogP contribution in [0.1, 0.15) is 0 Å². The van der Waals surface area contributed by atoms with Crippen molar-refractivity contribution in [2.24, 2.45) is 0 Å². The van der Waals surface area contributed by atoms with Crippen molar-refractivity contribution in [2.75, 3.05) is 38.0 Å². The lowest BCUT2D eigenvalue weighted by Gasteiger charge is -2.19. The number of aromatic nitrogens is 2. The van der Waals surface area contributed by atoms with Gasteiger partial charge in [-0.15, -0.1) is 0 Å². The zero-order chi connectivity index (χ0) is 16.5. The predicted octanol–water partition coefficient (Wildman–Crippen LogP) is 2.09. The lowest BCUT2D eigenvalue weighted by atomic mass is 10.4. The molecule has 0 spiro atoms. The van der Waals surface area contributed by atoms with Crippen molar-refractivity contribution in [3.8, 4) is 0 Å². The van der Waals surface area contributed by atoms with Crippen LogP contribution < -0.4 is 9.80 Å². The van der Waals surface area contributed by atoms with Gasteiger partial charge in [0.1, 0.15) is 4.90 Å². The van der Waals surface area contributed by atoms with Crippen molar-refractivity contribution in [1.29, 1.82) is 0 Å². The second-order valence-corrected chi connectivity index (χ2v) is 7.46. The SMILES string of the molecule is CN(C)c1ncc(S(=O)(=O)c2ccc(Cl)cc2)c(N(C)C)n1. The Hall–Kier alpha value is -1.86. The molecule has 0 bridgehead atoms. The van der Waals surface area contributed by atoms with Crippen LogP contribution in [-0.2, 0) is 9.84 Å². The van der Waals surface area contributed by atoms with Crippen LogP contribution >= 0.6 is 11.6 Å². The number of rotatable bonds is 4. The van der Waals surface area contributed by atoms with E-state index in [4.69, 9.17) is 11.6 Å². The number of sulfone groups is 1. The van der Waals surface area contributed by atoms with Gasteiger partial charge in [-0.25, -0.2) is 13.4 Å². The van der Waals surface area contributed by atoms with Gasteiger partial charge in [-0.2, -0.15) is 4.98 Å². The van der Waals surface area contributed by atoms with Gasteiger partial charge in [-0.3, -0.25) is 0 Å². The van der Waals surface area contributed by atoms with Gasteiger partial charge in [-0.05, 0) is 24.3 Å². The summed E-state index contributed by atoms with van der Waals surface area (Å²) < 4.78 is 25.6. The van der Waals surface area contributed by atoms with Gasteiger partial charge < -0.3 is 9.80 Å². The number of anilines is 2. The molecule has 2 aromatic rings. The third kappa shape index (κ3) is 3.15. The van der Waals surface area contributed by atoms with E-state index in [-0.39, 0.29) is 9.79 Å². The van der Waals surface area contributed by atoms with Crippen LogP contribution in [0.4, 0.5) is 11.8 Å².